The zero-order valence-electron chi connectivity index (χ0n) is 21.6. The highest BCUT2D eigenvalue weighted by Gasteiger charge is 2.36. The fourth-order valence-electron chi connectivity index (χ4n) is 4.46. The topological polar surface area (TPSA) is 79.5 Å². The van der Waals surface area contributed by atoms with Crippen molar-refractivity contribution in [2.75, 3.05) is 16.0 Å². The van der Waals surface area contributed by atoms with Crippen LogP contribution in [0.15, 0.2) is 66.7 Å². The number of amides is 2. The highest BCUT2D eigenvalue weighted by molar-refractivity contribution is 5.94. The molecule has 3 aromatic rings. The molecule has 0 saturated heterocycles. The van der Waals surface area contributed by atoms with Crippen LogP contribution in [0.1, 0.15) is 49.1 Å². The number of nitrogens with one attached hydrogen (secondary N) is 3. The molecule has 4 rings (SSSR count). The van der Waals surface area contributed by atoms with Gasteiger partial charge in [0.1, 0.15) is 5.60 Å². The van der Waals surface area contributed by atoms with Crippen molar-refractivity contribution in [3.63, 3.8) is 0 Å². The Morgan fingerprint density at radius 3 is 2.24 bits per heavy atom. The number of carbonyl (C=O) groups is 2. The fraction of sp³-hybridized carbons (Fsp3) is 0.310. The number of benzene rings is 3. The molecule has 0 saturated carbocycles. The van der Waals surface area contributed by atoms with E-state index in [0.29, 0.717) is 12.1 Å². The number of fused-ring (bicyclic) bond motifs is 1. The van der Waals surface area contributed by atoms with Gasteiger partial charge < -0.3 is 15.4 Å². The van der Waals surface area contributed by atoms with Crippen LogP contribution in [-0.2, 0) is 22.1 Å². The van der Waals surface area contributed by atoms with Crippen LogP contribution in [0.2, 0.25) is 0 Å². The van der Waals surface area contributed by atoms with Crippen molar-refractivity contribution in [2.45, 2.75) is 51.9 Å². The molecule has 3 aromatic carbocycles. The molecule has 0 spiro atoms. The minimum absolute atomic E-state index is 0.0849. The molecule has 2 amide bonds. The van der Waals surface area contributed by atoms with Gasteiger partial charge >= 0.3 is 12.3 Å². The summed E-state index contributed by atoms with van der Waals surface area (Å²) >= 11 is 0. The van der Waals surface area contributed by atoms with Crippen molar-refractivity contribution in [2.24, 2.45) is 5.92 Å². The van der Waals surface area contributed by atoms with E-state index in [2.05, 4.69) is 16.0 Å². The lowest BCUT2D eigenvalue weighted by Crippen LogP contribution is -2.37. The molecule has 1 aliphatic rings. The van der Waals surface area contributed by atoms with Gasteiger partial charge in [0.25, 0.3) is 0 Å². The summed E-state index contributed by atoms with van der Waals surface area (Å²) in [5.74, 6) is -1.00. The first-order valence-electron chi connectivity index (χ1n) is 12.2. The van der Waals surface area contributed by atoms with E-state index in [4.69, 9.17) is 4.74 Å². The molecule has 1 heterocycles. The maximum absolute atomic E-state index is 13.4. The Bertz CT molecular complexity index is 1330. The highest BCUT2D eigenvalue weighted by Crippen LogP contribution is 2.38. The first-order valence-corrected chi connectivity index (χ1v) is 12.2. The highest BCUT2D eigenvalue weighted by atomic mass is 19.4. The summed E-state index contributed by atoms with van der Waals surface area (Å²) in [6.45, 7) is 6.70. The van der Waals surface area contributed by atoms with E-state index in [9.17, 15) is 22.8 Å². The zero-order chi connectivity index (χ0) is 27.7. The maximum Gasteiger partial charge on any atom is 0.416 e. The SMILES string of the molecule is Cc1ccc(NC(=O)[C@H]2Cc3ccccc3NC2c2ccc(NC(=O)OC(C)(C)C)cc2)cc1C(F)(F)F. The van der Waals surface area contributed by atoms with Gasteiger partial charge in [-0.2, -0.15) is 13.2 Å². The van der Waals surface area contributed by atoms with E-state index in [0.717, 1.165) is 22.9 Å². The third-order valence-electron chi connectivity index (χ3n) is 6.23. The molecule has 200 valence electrons. The Hall–Kier alpha value is -4.01. The molecule has 3 N–H and O–H groups in total. The second-order valence-electron chi connectivity index (χ2n) is 10.4. The van der Waals surface area contributed by atoms with Gasteiger partial charge in [0.05, 0.1) is 17.5 Å². The van der Waals surface area contributed by atoms with Crippen molar-refractivity contribution < 1.29 is 27.5 Å². The lowest BCUT2D eigenvalue weighted by Gasteiger charge is -2.34. The quantitative estimate of drug-likeness (QED) is 0.333. The van der Waals surface area contributed by atoms with Gasteiger partial charge in [-0.05, 0) is 81.1 Å². The zero-order valence-corrected chi connectivity index (χ0v) is 21.6. The number of anilines is 3. The van der Waals surface area contributed by atoms with Crippen LogP contribution in [0, 0.1) is 12.8 Å². The third kappa shape index (κ3) is 6.45. The molecule has 0 fully saturated rings. The predicted octanol–water partition coefficient (Wildman–Crippen LogP) is 7.33. The van der Waals surface area contributed by atoms with Crippen LogP contribution < -0.4 is 16.0 Å². The molecule has 1 aliphatic heterocycles. The number of rotatable bonds is 4. The lowest BCUT2D eigenvalue weighted by molar-refractivity contribution is -0.138. The molecule has 1 unspecified atom stereocenters. The van der Waals surface area contributed by atoms with Gasteiger partial charge in [0, 0.05) is 17.1 Å². The van der Waals surface area contributed by atoms with E-state index >= 15 is 0 Å². The molecule has 9 heteroatoms. The van der Waals surface area contributed by atoms with E-state index in [1.165, 1.54) is 19.1 Å². The van der Waals surface area contributed by atoms with Crippen molar-refractivity contribution >= 4 is 29.1 Å². The summed E-state index contributed by atoms with van der Waals surface area (Å²) in [6.07, 6.45) is -4.70. The summed E-state index contributed by atoms with van der Waals surface area (Å²) in [4.78, 5) is 25.6. The predicted molar refractivity (Wildman–Crippen MR) is 141 cm³/mol. The first kappa shape index (κ1) is 27.0. The number of ether oxygens (including phenoxy) is 1. The van der Waals surface area contributed by atoms with E-state index in [1.807, 2.05) is 24.3 Å². The fourth-order valence-corrected chi connectivity index (χ4v) is 4.46. The van der Waals surface area contributed by atoms with Gasteiger partial charge in [-0.15, -0.1) is 0 Å². The van der Waals surface area contributed by atoms with Gasteiger partial charge in [0.2, 0.25) is 5.91 Å². The average Bonchev–Trinajstić information content (AvgIpc) is 2.83. The second-order valence-corrected chi connectivity index (χ2v) is 10.4. The number of hydrogen-bond acceptors (Lipinski definition) is 4. The van der Waals surface area contributed by atoms with Crippen LogP contribution in [0.3, 0.4) is 0 Å². The number of halogens is 3. The lowest BCUT2D eigenvalue weighted by atomic mass is 9.83. The number of hydrogen-bond donors (Lipinski definition) is 3. The Labute approximate surface area is 219 Å². The molecule has 0 bridgehead atoms. The molecule has 0 radical (unpaired) electrons. The van der Waals surface area contributed by atoms with Gasteiger partial charge in [0.15, 0.2) is 0 Å². The van der Waals surface area contributed by atoms with Crippen LogP contribution in [0.25, 0.3) is 0 Å². The van der Waals surface area contributed by atoms with Gasteiger partial charge in [-0.25, -0.2) is 4.79 Å². The largest absolute Gasteiger partial charge is 0.444 e. The van der Waals surface area contributed by atoms with Crippen molar-refractivity contribution in [1.29, 1.82) is 0 Å². The Kier molecular flexibility index (Phi) is 7.40. The summed E-state index contributed by atoms with van der Waals surface area (Å²) in [5, 5.41) is 8.78. The first-order chi connectivity index (χ1) is 17.8. The minimum atomic E-state index is -4.52. The van der Waals surface area contributed by atoms with E-state index in [1.54, 1.807) is 45.0 Å². The Morgan fingerprint density at radius 1 is 0.921 bits per heavy atom. The maximum atomic E-state index is 13.4. The van der Waals surface area contributed by atoms with Gasteiger partial charge in [-0.1, -0.05) is 36.4 Å². The molecule has 38 heavy (non-hydrogen) atoms. The number of alkyl halides is 3. The smallest absolute Gasteiger partial charge is 0.416 e. The van der Waals surface area contributed by atoms with Crippen molar-refractivity contribution in [3.8, 4) is 0 Å². The molecule has 2 atom stereocenters. The number of para-hydroxylation sites is 1. The Balaban J connectivity index is 1.58. The molecular formula is C29H30F3N3O3. The van der Waals surface area contributed by atoms with E-state index in [-0.39, 0.29) is 11.3 Å². The summed E-state index contributed by atoms with van der Waals surface area (Å²) in [6, 6.07) is 18.0. The molecular weight excluding hydrogens is 495 g/mol. The monoisotopic (exact) mass is 525 g/mol. The third-order valence-corrected chi connectivity index (χ3v) is 6.23. The van der Waals surface area contributed by atoms with Crippen molar-refractivity contribution in [3.05, 3.63) is 89.0 Å². The van der Waals surface area contributed by atoms with Crippen molar-refractivity contribution in [1.82, 2.24) is 0 Å². The van der Waals surface area contributed by atoms with E-state index < -0.39 is 41.3 Å². The minimum Gasteiger partial charge on any atom is -0.444 e. The standard InChI is InChI=1S/C29H30F3N3O3/c1-17-9-12-21(16-23(17)29(30,31)32)33-26(36)22-15-19-7-5-6-8-24(19)35-25(22)18-10-13-20(14-11-18)34-27(37)38-28(2,3)4/h5-14,16,22,25,35H,15H2,1-4H3,(H,33,36)(H,34,37)/t22-,25?/m0/s1. The summed E-state index contributed by atoms with van der Waals surface area (Å²) in [5.41, 5.74) is 1.88. The van der Waals surface area contributed by atoms with Crippen LogP contribution in [-0.4, -0.2) is 17.6 Å². The number of carbonyl (C=O) groups excluding carboxylic acids is 2. The van der Waals surface area contributed by atoms with Crippen LogP contribution in [0.5, 0.6) is 0 Å². The average molecular weight is 526 g/mol. The van der Waals surface area contributed by atoms with Crippen LogP contribution >= 0.6 is 0 Å². The molecule has 6 nitrogen and oxygen atoms in total. The van der Waals surface area contributed by atoms with Gasteiger partial charge in [-0.3, -0.25) is 10.1 Å². The summed E-state index contributed by atoms with van der Waals surface area (Å²) in [7, 11) is 0. The molecule has 0 aliphatic carbocycles. The molecule has 0 aromatic heterocycles. The Morgan fingerprint density at radius 2 is 1.58 bits per heavy atom. The summed E-state index contributed by atoms with van der Waals surface area (Å²) < 4.78 is 45.5. The van der Waals surface area contributed by atoms with Crippen LogP contribution in [0.4, 0.5) is 35.0 Å². The number of aryl methyl sites for hydroxylation is 1. The second kappa shape index (κ2) is 10.4. The normalized spacial score (nSPS) is 17.1.